The molecular weight excluding hydrogens is 712 g/mol. The number of anilines is 1. The SMILES string of the molecule is CC[C@@H](C)NC(=O)[C@H](Cc1ccccc1)N(Cc1ccc(Br)cc1)C(=O)CN(c1ccc(OC)cc1)S(=O)(=O)c1ccc(C)c([N+](=O)[O-])c1. The van der Waals surface area contributed by atoms with Gasteiger partial charge in [-0.05, 0) is 73.9 Å². The van der Waals surface area contributed by atoms with Crippen LogP contribution in [0.1, 0.15) is 37.0 Å². The lowest BCUT2D eigenvalue weighted by Gasteiger charge is -2.34. The molecule has 0 aromatic heterocycles. The molecule has 0 radical (unpaired) electrons. The fourth-order valence-corrected chi connectivity index (χ4v) is 6.83. The number of hydrogen-bond acceptors (Lipinski definition) is 7. The number of ether oxygens (including phenoxy) is 1. The fourth-order valence-electron chi connectivity index (χ4n) is 5.13. The molecule has 0 saturated heterocycles. The lowest BCUT2D eigenvalue weighted by atomic mass is 10.0. The number of benzene rings is 4. The summed E-state index contributed by atoms with van der Waals surface area (Å²) in [5, 5.41) is 14.7. The first-order valence-electron chi connectivity index (χ1n) is 15.6. The molecule has 258 valence electrons. The van der Waals surface area contributed by atoms with Crippen LogP contribution in [0.3, 0.4) is 0 Å². The van der Waals surface area contributed by atoms with Crippen LogP contribution in [0.5, 0.6) is 5.75 Å². The molecule has 0 unspecified atom stereocenters. The number of sulfonamides is 1. The summed E-state index contributed by atoms with van der Waals surface area (Å²) in [7, 11) is -3.08. The lowest BCUT2D eigenvalue weighted by Crippen LogP contribution is -2.54. The van der Waals surface area contributed by atoms with Crippen molar-refractivity contribution in [2.24, 2.45) is 0 Å². The van der Waals surface area contributed by atoms with Crippen LogP contribution in [0.15, 0.2) is 106 Å². The van der Waals surface area contributed by atoms with Crippen LogP contribution in [0.2, 0.25) is 0 Å². The monoisotopic (exact) mass is 750 g/mol. The molecular formula is C36H39BrN4O7S. The van der Waals surface area contributed by atoms with E-state index in [1.54, 1.807) is 12.1 Å². The standard InChI is InChI=1S/C36H39BrN4O7S/c1-5-26(3)38-36(43)34(21-27-9-7-6-8-10-27)39(23-28-12-14-29(37)15-13-28)35(42)24-40(30-16-18-31(48-4)19-17-30)49(46,47)32-20-11-25(2)33(22-32)41(44)45/h6-20,22,26,34H,5,21,23-24H2,1-4H3,(H,38,43)/t26-,34+/m1/s1. The maximum atomic E-state index is 14.6. The number of hydrogen-bond donors (Lipinski definition) is 1. The maximum Gasteiger partial charge on any atom is 0.273 e. The van der Waals surface area contributed by atoms with Gasteiger partial charge >= 0.3 is 0 Å². The van der Waals surface area contributed by atoms with Crippen LogP contribution in [0, 0.1) is 17.0 Å². The molecule has 0 bridgehead atoms. The molecule has 49 heavy (non-hydrogen) atoms. The molecule has 0 aliphatic carbocycles. The van der Waals surface area contributed by atoms with Crippen molar-refractivity contribution in [3.8, 4) is 5.75 Å². The van der Waals surface area contributed by atoms with Gasteiger partial charge in [-0.25, -0.2) is 8.42 Å². The highest BCUT2D eigenvalue weighted by Gasteiger charge is 2.35. The van der Waals surface area contributed by atoms with Crippen LogP contribution >= 0.6 is 15.9 Å². The van der Waals surface area contributed by atoms with Crippen molar-refractivity contribution >= 4 is 49.1 Å². The quantitative estimate of drug-likeness (QED) is 0.109. The molecule has 0 aliphatic heterocycles. The van der Waals surface area contributed by atoms with Gasteiger partial charge in [-0.2, -0.15) is 0 Å². The number of amides is 2. The summed E-state index contributed by atoms with van der Waals surface area (Å²) in [4.78, 5) is 40.7. The molecule has 2 amide bonds. The van der Waals surface area contributed by atoms with Gasteiger partial charge in [-0.1, -0.05) is 71.4 Å². The van der Waals surface area contributed by atoms with E-state index in [-0.39, 0.29) is 46.7 Å². The number of methoxy groups -OCH3 is 1. The molecule has 0 saturated carbocycles. The van der Waals surface area contributed by atoms with Gasteiger partial charge in [0, 0.05) is 35.1 Å². The van der Waals surface area contributed by atoms with Gasteiger partial charge < -0.3 is 15.0 Å². The van der Waals surface area contributed by atoms with Crippen molar-refractivity contribution in [1.29, 1.82) is 0 Å². The second kappa shape index (κ2) is 16.6. The first kappa shape index (κ1) is 37.1. The molecule has 11 nitrogen and oxygen atoms in total. The Bertz CT molecular complexity index is 1870. The predicted molar refractivity (Wildman–Crippen MR) is 192 cm³/mol. The van der Waals surface area contributed by atoms with E-state index < -0.39 is 33.4 Å². The van der Waals surface area contributed by atoms with Gasteiger partial charge in [0.15, 0.2) is 0 Å². The predicted octanol–water partition coefficient (Wildman–Crippen LogP) is 6.42. The zero-order chi connectivity index (χ0) is 35.7. The van der Waals surface area contributed by atoms with E-state index in [0.29, 0.717) is 12.2 Å². The summed E-state index contributed by atoms with van der Waals surface area (Å²) in [6.45, 7) is 4.63. The van der Waals surface area contributed by atoms with Crippen molar-refractivity contribution < 1.29 is 27.7 Å². The number of aryl methyl sites for hydroxylation is 1. The zero-order valence-corrected chi connectivity index (χ0v) is 30.1. The number of carbonyl (C=O) groups excluding carboxylic acids is 2. The molecule has 2 atom stereocenters. The summed E-state index contributed by atoms with van der Waals surface area (Å²) in [6, 6.07) is 25.1. The Labute approximate surface area is 295 Å². The summed E-state index contributed by atoms with van der Waals surface area (Å²) < 4.78 is 35.6. The fraction of sp³-hybridized carbons (Fsp3) is 0.278. The Morgan fingerprint density at radius 3 is 2.20 bits per heavy atom. The van der Waals surface area contributed by atoms with Crippen LogP contribution < -0.4 is 14.4 Å². The Morgan fingerprint density at radius 1 is 0.959 bits per heavy atom. The smallest absolute Gasteiger partial charge is 0.273 e. The summed E-state index contributed by atoms with van der Waals surface area (Å²) in [5.74, 6) is -0.569. The van der Waals surface area contributed by atoms with Crippen LogP contribution in [0.4, 0.5) is 11.4 Å². The molecule has 4 rings (SSSR count). The van der Waals surface area contributed by atoms with E-state index in [0.717, 1.165) is 26.0 Å². The van der Waals surface area contributed by atoms with E-state index >= 15 is 0 Å². The van der Waals surface area contributed by atoms with E-state index in [1.165, 1.54) is 43.2 Å². The van der Waals surface area contributed by atoms with Crippen molar-refractivity contribution in [2.45, 2.75) is 57.1 Å². The lowest BCUT2D eigenvalue weighted by molar-refractivity contribution is -0.385. The summed E-state index contributed by atoms with van der Waals surface area (Å²) in [5.41, 5.74) is 1.58. The normalized spacial score (nSPS) is 12.4. The highest BCUT2D eigenvalue weighted by Crippen LogP contribution is 2.30. The zero-order valence-electron chi connectivity index (χ0n) is 27.7. The van der Waals surface area contributed by atoms with Crippen LogP contribution in [-0.4, -0.2) is 55.8 Å². The molecule has 0 heterocycles. The third kappa shape index (κ3) is 9.45. The van der Waals surface area contributed by atoms with Gasteiger partial charge in [-0.3, -0.25) is 24.0 Å². The van der Waals surface area contributed by atoms with Crippen LogP contribution in [0.25, 0.3) is 0 Å². The Morgan fingerprint density at radius 2 is 1.61 bits per heavy atom. The Balaban J connectivity index is 1.84. The van der Waals surface area contributed by atoms with Gasteiger partial charge in [-0.15, -0.1) is 0 Å². The van der Waals surface area contributed by atoms with Crippen LogP contribution in [-0.2, 0) is 32.6 Å². The number of rotatable bonds is 15. The van der Waals surface area contributed by atoms with Crippen molar-refractivity contribution in [2.75, 3.05) is 18.0 Å². The third-order valence-corrected chi connectivity index (χ3v) is 10.4. The second-order valence-electron chi connectivity index (χ2n) is 11.6. The number of nitrogens with one attached hydrogen (secondary N) is 1. The minimum Gasteiger partial charge on any atom is -0.497 e. The van der Waals surface area contributed by atoms with Crippen molar-refractivity contribution in [3.05, 3.63) is 128 Å². The summed E-state index contributed by atoms with van der Waals surface area (Å²) in [6.07, 6.45) is 0.835. The molecule has 0 aliphatic rings. The maximum absolute atomic E-state index is 14.6. The molecule has 1 N–H and O–H groups in total. The number of nitro groups is 1. The van der Waals surface area contributed by atoms with E-state index in [2.05, 4.69) is 21.2 Å². The number of nitro benzene ring substituents is 1. The molecule has 0 fully saturated rings. The number of halogens is 1. The minimum absolute atomic E-state index is 0.00401. The highest BCUT2D eigenvalue weighted by molar-refractivity contribution is 9.10. The van der Waals surface area contributed by atoms with E-state index in [9.17, 15) is 28.1 Å². The highest BCUT2D eigenvalue weighted by atomic mass is 79.9. The van der Waals surface area contributed by atoms with Gasteiger partial charge in [0.25, 0.3) is 15.7 Å². The number of carbonyl (C=O) groups is 2. The van der Waals surface area contributed by atoms with Gasteiger partial charge in [0.1, 0.15) is 18.3 Å². The average molecular weight is 752 g/mol. The Kier molecular flexibility index (Phi) is 12.5. The van der Waals surface area contributed by atoms with Gasteiger partial charge in [0.2, 0.25) is 11.8 Å². The first-order chi connectivity index (χ1) is 23.3. The average Bonchev–Trinajstić information content (AvgIpc) is 3.09. The Hall–Kier alpha value is -4.75. The minimum atomic E-state index is -4.55. The summed E-state index contributed by atoms with van der Waals surface area (Å²) >= 11 is 3.43. The van der Waals surface area contributed by atoms with Crippen molar-refractivity contribution in [3.63, 3.8) is 0 Å². The second-order valence-corrected chi connectivity index (χ2v) is 14.4. The third-order valence-electron chi connectivity index (χ3n) is 8.14. The number of nitrogens with zero attached hydrogens (tertiary/aromatic N) is 3. The van der Waals surface area contributed by atoms with E-state index in [1.807, 2.05) is 68.4 Å². The molecule has 13 heteroatoms. The first-order valence-corrected chi connectivity index (χ1v) is 17.9. The topological polar surface area (TPSA) is 139 Å². The van der Waals surface area contributed by atoms with Crippen molar-refractivity contribution in [1.82, 2.24) is 10.2 Å². The van der Waals surface area contributed by atoms with Gasteiger partial charge in [0.05, 0.1) is 22.6 Å². The molecule has 4 aromatic carbocycles. The molecule has 4 aromatic rings. The largest absolute Gasteiger partial charge is 0.497 e. The van der Waals surface area contributed by atoms with E-state index in [4.69, 9.17) is 4.74 Å². The molecule has 0 spiro atoms.